The smallest absolute Gasteiger partial charge is 0.481 e. The van der Waals surface area contributed by atoms with E-state index < -0.39 is 45.9 Å². The molecule has 5 aliphatic carbocycles. The monoisotopic (exact) mass is 586 g/mol. The molecule has 0 aliphatic heterocycles. The lowest BCUT2D eigenvalue weighted by Gasteiger charge is -2.70. The van der Waals surface area contributed by atoms with Gasteiger partial charge in [0.15, 0.2) is 5.78 Å². The molecule has 42 heavy (non-hydrogen) atoms. The Labute approximate surface area is 250 Å². The number of hydrogen-bond acceptors (Lipinski definition) is 6. The summed E-state index contributed by atoms with van der Waals surface area (Å²) in [5, 5.41) is 20.8. The highest BCUT2D eigenvalue weighted by Crippen LogP contribution is 2.75. The third-order valence-electron chi connectivity index (χ3n) is 13.7. The molecule has 0 unspecified atom stereocenters. The van der Waals surface area contributed by atoms with Gasteiger partial charge >= 0.3 is 18.1 Å². The molecule has 0 aromatic carbocycles. The second kappa shape index (κ2) is 9.56. The normalized spacial score (nSPS) is 48.1. The Morgan fingerprint density at radius 1 is 0.881 bits per heavy atom. The van der Waals surface area contributed by atoms with Crippen LogP contribution in [0.2, 0.25) is 0 Å². The molecule has 8 nitrogen and oxygen atoms in total. The minimum Gasteiger partial charge on any atom is -0.481 e. The van der Waals surface area contributed by atoms with Crippen LogP contribution >= 0.6 is 0 Å². The molecule has 0 saturated heterocycles. The summed E-state index contributed by atoms with van der Waals surface area (Å²) in [5.41, 5.74) is -2.39. The molecule has 0 radical (unpaired) electrons. The molecule has 0 spiro atoms. The molecular weight excluding hydrogens is 536 g/mol. The lowest BCUT2D eigenvalue weighted by Crippen LogP contribution is -2.68. The minimum atomic E-state index is -1.37. The number of ketones is 1. The van der Waals surface area contributed by atoms with E-state index in [1.54, 1.807) is 20.8 Å². The topological polar surface area (TPSA) is 127 Å². The van der Waals surface area contributed by atoms with Crippen LogP contribution in [0.15, 0.2) is 11.6 Å². The summed E-state index contributed by atoms with van der Waals surface area (Å²) in [5.74, 6) is -2.44. The summed E-state index contributed by atoms with van der Waals surface area (Å²) < 4.78 is 10.9. The molecule has 0 amide bonds. The summed E-state index contributed by atoms with van der Waals surface area (Å²) in [6.45, 7) is 15.9. The second-order valence-electron chi connectivity index (χ2n) is 16.2. The number of carbonyl (C=O) groups excluding carboxylic acids is 2. The van der Waals surface area contributed by atoms with Crippen LogP contribution in [0.1, 0.15) is 113 Å². The Kier molecular flexibility index (Phi) is 7.07. The number of ether oxygens (including phenoxy) is 2. The fourth-order valence-electron chi connectivity index (χ4n) is 10.8. The molecule has 4 saturated carbocycles. The number of rotatable bonds is 4. The number of hydrogen-bond donors (Lipinski definition) is 2. The maximum absolute atomic E-state index is 14.5. The van der Waals surface area contributed by atoms with Crippen LogP contribution in [0.5, 0.6) is 0 Å². The van der Waals surface area contributed by atoms with Crippen molar-refractivity contribution in [2.75, 3.05) is 0 Å². The van der Waals surface area contributed by atoms with Gasteiger partial charge < -0.3 is 19.7 Å². The first-order valence-corrected chi connectivity index (χ1v) is 15.9. The van der Waals surface area contributed by atoms with Crippen molar-refractivity contribution in [1.29, 1.82) is 0 Å². The SMILES string of the molecule is CC(C)OC(=O)O[C@H]1CC[C@@]2(C)[C@@H](CC[C@]3(C)[C@@H]2C(=O)C=C2[C@@H]4C[C@@](C)(C(=O)O)CC[C@]4(C)CC[C@]23C)[C@]1(C)C(=O)O. The van der Waals surface area contributed by atoms with Gasteiger partial charge in [-0.25, -0.2) is 4.79 Å². The van der Waals surface area contributed by atoms with Crippen LogP contribution in [0.4, 0.5) is 4.79 Å². The van der Waals surface area contributed by atoms with Crippen LogP contribution in [-0.2, 0) is 23.9 Å². The molecule has 0 heterocycles. The predicted molar refractivity (Wildman–Crippen MR) is 156 cm³/mol. The molecule has 0 aromatic rings. The highest BCUT2D eigenvalue weighted by atomic mass is 16.7. The van der Waals surface area contributed by atoms with E-state index in [1.165, 1.54) is 0 Å². The summed E-state index contributed by atoms with van der Waals surface area (Å²) in [7, 11) is 0. The van der Waals surface area contributed by atoms with Gasteiger partial charge in [-0.3, -0.25) is 14.4 Å². The molecule has 0 aromatic heterocycles. The van der Waals surface area contributed by atoms with Crippen molar-refractivity contribution >= 4 is 23.9 Å². The number of fused-ring (bicyclic) bond motifs is 7. The molecule has 4 fully saturated rings. The van der Waals surface area contributed by atoms with Crippen molar-refractivity contribution in [1.82, 2.24) is 0 Å². The highest BCUT2D eigenvalue weighted by molar-refractivity contribution is 5.96. The fourth-order valence-corrected chi connectivity index (χ4v) is 10.8. The molecule has 234 valence electrons. The van der Waals surface area contributed by atoms with Gasteiger partial charge in [0.25, 0.3) is 0 Å². The summed E-state index contributed by atoms with van der Waals surface area (Å²) in [6, 6.07) is 0. The maximum Gasteiger partial charge on any atom is 0.508 e. The molecule has 0 bridgehead atoms. The fraction of sp³-hybridized carbons (Fsp3) is 0.824. The zero-order valence-electron chi connectivity index (χ0n) is 26.7. The molecule has 5 aliphatic rings. The summed E-state index contributed by atoms with van der Waals surface area (Å²) in [4.78, 5) is 52.3. The zero-order chi connectivity index (χ0) is 31.3. The first kappa shape index (κ1) is 31.1. The number of carbonyl (C=O) groups is 4. The quantitative estimate of drug-likeness (QED) is 0.336. The molecular formula is C34H50O8. The Bertz CT molecular complexity index is 1240. The van der Waals surface area contributed by atoms with E-state index in [4.69, 9.17) is 9.47 Å². The predicted octanol–water partition coefficient (Wildman–Crippen LogP) is 7.05. The van der Waals surface area contributed by atoms with E-state index in [-0.39, 0.29) is 40.5 Å². The Balaban J connectivity index is 1.56. The average Bonchev–Trinajstić information content (AvgIpc) is 2.87. The van der Waals surface area contributed by atoms with Crippen molar-refractivity contribution in [3.8, 4) is 0 Å². The van der Waals surface area contributed by atoms with Crippen molar-refractivity contribution in [3.05, 3.63) is 11.6 Å². The van der Waals surface area contributed by atoms with Crippen LogP contribution in [-0.4, -0.2) is 46.3 Å². The van der Waals surface area contributed by atoms with Crippen molar-refractivity contribution in [3.63, 3.8) is 0 Å². The van der Waals surface area contributed by atoms with Crippen LogP contribution in [0.25, 0.3) is 0 Å². The average molecular weight is 587 g/mol. The molecule has 8 heteroatoms. The van der Waals surface area contributed by atoms with Gasteiger partial charge in [-0.1, -0.05) is 33.3 Å². The van der Waals surface area contributed by atoms with Gasteiger partial charge in [-0.2, -0.15) is 0 Å². The molecule has 2 N–H and O–H groups in total. The third-order valence-corrected chi connectivity index (χ3v) is 13.7. The lowest BCUT2D eigenvalue weighted by molar-refractivity contribution is -0.216. The van der Waals surface area contributed by atoms with Gasteiger partial charge in [0, 0.05) is 5.92 Å². The minimum absolute atomic E-state index is 0.0266. The number of allylic oxidation sites excluding steroid dienone is 2. The van der Waals surface area contributed by atoms with Gasteiger partial charge in [0.05, 0.1) is 11.5 Å². The zero-order valence-corrected chi connectivity index (χ0v) is 26.7. The number of aliphatic carboxylic acids is 2. The largest absolute Gasteiger partial charge is 0.508 e. The van der Waals surface area contributed by atoms with E-state index in [9.17, 15) is 29.4 Å². The van der Waals surface area contributed by atoms with Gasteiger partial charge in [-0.05, 0) is 125 Å². The van der Waals surface area contributed by atoms with E-state index in [1.807, 2.05) is 13.0 Å². The highest BCUT2D eigenvalue weighted by Gasteiger charge is 2.72. The first-order valence-electron chi connectivity index (χ1n) is 15.9. The standard InChI is InChI=1S/C34H50O8/c1-19(2)41-28(40)42-24-10-11-31(5)23(34(24,8)27(38)39)9-12-33(7)25(31)22(35)17-20-21-18-30(4,26(36)37)14-13-29(21,3)15-16-32(20,33)6/h17,19,21,23-25H,9-16,18H2,1-8H3,(H,36,37)(H,38,39)/t21-,23+,24-,25+,29+,30-,31-,32+,33+,34-/m0/s1. The Morgan fingerprint density at radius 3 is 2.12 bits per heavy atom. The van der Waals surface area contributed by atoms with E-state index >= 15 is 0 Å². The number of carboxylic acids is 2. The summed E-state index contributed by atoms with van der Waals surface area (Å²) in [6.07, 6.45) is 5.92. The van der Waals surface area contributed by atoms with E-state index in [0.717, 1.165) is 24.8 Å². The molecule has 5 rings (SSSR count). The maximum atomic E-state index is 14.5. The van der Waals surface area contributed by atoms with Crippen LogP contribution < -0.4 is 0 Å². The van der Waals surface area contributed by atoms with E-state index in [0.29, 0.717) is 38.5 Å². The van der Waals surface area contributed by atoms with Gasteiger partial charge in [-0.15, -0.1) is 0 Å². The van der Waals surface area contributed by atoms with E-state index in [2.05, 4.69) is 27.7 Å². The van der Waals surface area contributed by atoms with Crippen molar-refractivity contribution in [2.45, 2.75) is 125 Å². The summed E-state index contributed by atoms with van der Waals surface area (Å²) >= 11 is 0. The van der Waals surface area contributed by atoms with Crippen LogP contribution in [0, 0.1) is 50.2 Å². The third kappa shape index (κ3) is 4.05. The number of carboxylic acid groups (broad SMARTS) is 2. The van der Waals surface area contributed by atoms with Gasteiger partial charge in [0.1, 0.15) is 11.5 Å². The Morgan fingerprint density at radius 2 is 1.52 bits per heavy atom. The first-order chi connectivity index (χ1) is 19.3. The lowest BCUT2D eigenvalue weighted by atomic mass is 9.33. The van der Waals surface area contributed by atoms with Crippen molar-refractivity contribution < 1.29 is 38.9 Å². The Hall–Kier alpha value is -2.38. The van der Waals surface area contributed by atoms with Gasteiger partial charge in [0.2, 0.25) is 0 Å². The van der Waals surface area contributed by atoms with Crippen LogP contribution in [0.3, 0.4) is 0 Å². The van der Waals surface area contributed by atoms with Crippen molar-refractivity contribution in [2.24, 2.45) is 50.2 Å². The second-order valence-corrected chi connectivity index (χ2v) is 16.2. The molecule has 10 atom stereocenters.